The Morgan fingerprint density at radius 1 is 1.29 bits per heavy atom. The molecule has 0 fully saturated rings. The zero-order valence-electron chi connectivity index (χ0n) is 13.7. The Hall–Kier alpha value is -1.06. The highest BCUT2D eigenvalue weighted by Gasteiger charge is 2.19. The van der Waals surface area contributed by atoms with Gasteiger partial charge in [0.15, 0.2) is 0 Å². The van der Waals surface area contributed by atoms with Crippen LogP contribution in [0, 0.1) is 5.92 Å². The molecule has 1 N–H and O–H groups in total. The van der Waals surface area contributed by atoms with Crippen LogP contribution in [-0.2, 0) is 11.2 Å². The molecule has 0 radical (unpaired) electrons. The minimum atomic E-state index is 0.466. The molecule has 1 atom stereocenters. The van der Waals surface area contributed by atoms with Crippen molar-refractivity contribution in [2.45, 2.75) is 45.6 Å². The third-order valence-corrected chi connectivity index (χ3v) is 4.14. The summed E-state index contributed by atoms with van der Waals surface area (Å²) in [4.78, 5) is 0. The Balaban J connectivity index is 1.78. The summed E-state index contributed by atoms with van der Waals surface area (Å²) < 4.78 is 11.0. The van der Waals surface area contributed by atoms with Crippen molar-refractivity contribution in [3.63, 3.8) is 0 Å². The number of rotatable bonds is 8. The van der Waals surface area contributed by atoms with Gasteiger partial charge in [0.25, 0.3) is 0 Å². The first-order chi connectivity index (χ1) is 10.2. The van der Waals surface area contributed by atoms with E-state index in [0.29, 0.717) is 6.04 Å². The van der Waals surface area contributed by atoms with Crippen molar-refractivity contribution in [1.82, 2.24) is 5.32 Å². The molecule has 3 heteroatoms. The van der Waals surface area contributed by atoms with Crippen molar-refractivity contribution < 1.29 is 9.47 Å². The number of fused-ring (bicyclic) bond motifs is 1. The summed E-state index contributed by atoms with van der Waals surface area (Å²) in [6.45, 7) is 7.06. The van der Waals surface area contributed by atoms with E-state index in [0.717, 1.165) is 44.3 Å². The predicted molar refractivity (Wildman–Crippen MR) is 86.9 cm³/mol. The first kappa shape index (κ1) is 16.3. The van der Waals surface area contributed by atoms with Crippen LogP contribution in [0.15, 0.2) is 18.2 Å². The van der Waals surface area contributed by atoms with Crippen LogP contribution in [0.25, 0.3) is 0 Å². The molecule has 2 rings (SSSR count). The molecule has 1 aliphatic carbocycles. The molecule has 0 aliphatic heterocycles. The lowest BCUT2D eigenvalue weighted by Crippen LogP contribution is -2.28. The number of aryl methyl sites for hydroxylation is 1. The fourth-order valence-electron chi connectivity index (χ4n) is 2.86. The number of hydrogen-bond donors (Lipinski definition) is 1. The van der Waals surface area contributed by atoms with E-state index in [1.807, 2.05) is 0 Å². The second-order valence-electron chi connectivity index (χ2n) is 6.26. The van der Waals surface area contributed by atoms with E-state index >= 15 is 0 Å². The van der Waals surface area contributed by atoms with Gasteiger partial charge in [0.1, 0.15) is 5.75 Å². The molecular weight excluding hydrogens is 262 g/mol. The van der Waals surface area contributed by atoms with E-state index in [1.54, 1.807) is 7.11 Å². The molecule has 21 heavy (non-hydrogen) atoms. The largest absolute Gasteiger partial charge is 0.497 e. The summed E-state index contributed by atoms with van der Waals surface area (Å²) in [5.74, 6) is 1.68. The molecule has 0 saturated carbocycles. The quantitative estimate of drug-likeness (QED) is 0.740. The van der Waals surface area contributed by atoms with Gasteiger partial charge in [-0.05, 0) is 54.9 Å². The Bertz CT molecular complexity index is 431. The summed E-state index contributed by atoms with van der Waals surface area (Å²) in [5, 5.41) is 3.64. The standard InChI is InChI=1S/C18H29NO2/c1-14(2)9-11-21-12-10-19-18-6-4-5-15-13-16(20-3)7-8-17(15)18/h7-8,13-14,18-19H,4-6,9-12H2,1-3H3. The molecular formula is C18H29NO2. The molecule has 1 aromatic carbocycles. The average Bonchev–Trinajstić information content (AvgIpc) is 2.49. The van der Waals surface area contributed by atoms with Crippen molar-refractivity contribution in [2.75, 3.05) is 26.9 Å². The van der Waals surface area contributed by atoms with Gasteiger partial charge in [-0.15, -0.1) is 0 Å². The van der Waals surface area contributed by atoms with E-state index < -0.39 is 0 Å². The van der Waals surface area contributed by atoms with Gasteiger partial charge in [-0.3, -0.25) is 0 Å². The first-order valence-electron chi connectivity index (χ1n) is 8.18. The van der Waals surface area contributed by atoms with Gasteiger partial charge in [-0.25, -0.2) is 0 Å². The molecule has 0 heterocycles. The Morgan fingerprint density at radius 2 is 2.14 bits per heavy atom. The highest BCUT2D eigenvalue weighted by atomic mass is 16.5. The summed E-state index contributed by atoms with van der Waals surface area (Å²) in [6, 6.07) is 6.93. The van der Waals surface area contributed by atoms with Crippen molar-refractivity contribution in [1.29, 1.82) is 0 Å². The van der Waals surface area contributed by atoms with Crippen molar-refractivity contribution in [3.05, 3.63) is 29.3 Å². The van der Waals surface area contributed by atoms with Crippen LogP contribution in [0.1, 0.15) is 50.3 Å². The SMILES string of the molecule is COc1ccc2c(c1)CCCC2NCCOCCC(C)C. The molecule has 1 aliphatic rings. The maximum atomic E-state index is 5.68. The van der Waals surface area contributed by atoms with E-state index in [4.69, 9.17) is 9.47 Å². The molecule has 0 spiro atoms. The topological polar surface area (TPSA) is 30.5 Å². The summed E-state index contributed by atoms with van der Waals surface area (Å²) in [7, 11) is 1.73. The van der Waals surface area contributed by atoms with E-state index in [9.17, 15) is 0 Å². The Labute approximate surface area is 129 Å². The normalized spacial score (nSPS) is 17.8. The fraction of sp³-hybridized carbons (Fsp3) is 0.667. The smallest absolute Gasteiger partial charge is 0.119 e. The first-order valence-corrected chi connectivity index (χ1v) is 8.18. The molecule has 0 amide bonds. The Kier molecular flexibility index (Phi) is 6.52. The number of nitrogens with one attached hydrogen (secondary N) is 1. The molecule has 118 valence electrons. The molecule has 3 nitrogen and oxygen atoms in total. The molecule has 1 aromatic rings. The molecule has 0 saturated heterocycles. The van der Waals surface area contributed by atoms with Crippen LogP contribution in [0.2, 0.25) is 0 Å². The maximum Gasteiger partial charge on any atom is 0.119 e. The molecule has 1 unspecified atom stereocenters. The lowest BCUT2D eigenvalue weighted by molar-refractivity contribution is 0.123. The summed E-state index contributed by atoms with van der Waals surface area (Å²) in [6.07, 6.45) is 4.76. The van der Waals surface area contributed by atoms with Crippen LogP contribution in [0.4, 0.5) is 0 Å². The maximum absolute atomic E-state index is 5.68. The monoisotopic (exact) mass is 291 g/mol. The van der Waals surface area contributed by atoms with Gasteiger partial charge in [0, 0.05) is 19.2 Å². The van der Waals surface area contributed by atoms with Crippen molar-refractivity contribution >= 4 is 0 Å². The van der Waals surface area contributed by atoms with Gasteiger partial charge < -0.3 is 14.8 Å². The third-order valence-electron chi connectivity index (χ3n) is 4.14. The van der Waals surface area contributed by atoms with Crippen LogP contribution in [-0.4, -0.2) is 26.9 Å². The number of methoxy groups -OCH3 is 1. The second kappa shape index (κ2) is 8.40. The summed E-state index contributed by atoms with van der Waals surface area (Å²) >= 11 is 0. The van der Waals surface area contributed by atoms with E-state index in [1.165, 1.54) is 24.0 Å². The minimum Gasteiger partial charge on any atom is -0.497 e. The number of benzene rings is 1. The van der Waals surface area contributed by atoms with Gasteiger partial charge in [0.2, 0.25) is 0 Å². The predicted octanol–water partition coefficient (Wildman–Crippen LogP) is 3.72. The summed E-state index contributed by atoms with van der Waals surface area (Å²) in [5.41, 5.74) is 2.86. The molecule has 0 aromatic heterocycles. The minimum absolute atomic E-state index is 0.466. The van der Waals surface area contributed by atoms with Crippen LogP contribution < -0.4 is 10.1 Å². The van der Waals surface area contributed by atoms with Crippen molar-refractivity contribution in [2.24, 2.45) is 5.92 Å². The second-order valence-corrected chi connectivity index (χ2v) is 6.26. The highest BCUT2D eigenvalue weighted by Crippen LogP contribution is 2.31. The number of hydrogen-bond acceptors (Lipinski definition) is 3. The zero-order chi connectivity index (χ0) is 15.1. The molecule has 0 bridgehead atoms. The lowest BCUT2D eigenvalue weighted by Gasteiger charge is -2.27. The van der Waals surface area contributed by atoms with Gasteiger partial charge in [-0.1, -0.05) is 19.9 Å². The van der Waals surface area contributed by atoms with Crippen LogP contribution in [0.5, 0.6) is 5.75 Å². The van der Waals surface area contributed by atoms with E-state index in [2.05, 4.69) is 37.4 Å². The Morgan fingerprint density at radius 3 is 2.90 bits per heavy atom. The zero-order valence-corrected chi connectivity index (χ0v) is 13.7. The van der Waals surface area contributed by atoms with Crippen molar-refractivity contribution in [3.8, 4) is 5.75 Å². The van der Waals surface area contributed by atoms with Crippen LogP contribution in [0.3, 0.4) is 0 Å². The van der Waals surface area contributed by atoms with Gasteiger partial charge in [-0.2, -0.15) is 0 Å². The van der Waals surface area contributed by atoms with Gasteiger partial charge >= 0.3 is 0 Å². The lowest BCUT2D eigenvalue weighted by atomic mass is 9.87. The number of ether oxygens (including phenoxy) is 2. The van der Waals surface area contributed by atoms with Crippen LogP contribution >= 0.6 is 0 Å². The third kappa shape index (κ3) is 5.01. The van der Waals surface area contributed by atoms with Gasteiger partial charge in [0.05, 0.1) is 13.7 Å². The fourth-order valence-corrected chi connectivity index (χ4v) is 2.86. The average molecular weight is 291 g/mol. The highest BCUT2D eigenvalue weighted by molar-refractivity contribution is 5.39. The van der Waals surface area contributed by atoms with E-state index in [-0.39, 0.29) is 0 Å².